The van der Waals surface area contributed by atoms with Gasteiger partial charge in [-0.2, -0.15) is 0 Å². The Morgan fingerprint density at radius 3 is 2.65 bits per heavy atom. The monoisotopic (exact) mass is 440 g/mol. The number of ketones is 1. The van der Waals surface area contributed by atoms with Gasteiger partial charge in [-0.05, 0) is 55.3 Å². The second kappa shape index (κ2) is 10.1. The van der Waals surface area contributed by atoms with Gasteiger partial charge in [0.05, 0.1) is 18.9 Å². The van der Waals surface area contributed by atoms with E-state index in [0.29, 0.717) is 31.6 Å². The fourth-order valence-corrected chi connectivity index (χ4v) is 4.38. The third-order valence-corrected chi connectivity index (χ3v) is 6.13. The van der Waals surface area contributed by atoms with E-state index in [9.17, 15) is 9.18 Å². The van der Waals surface area contributed by atoms with Crippen molar-refractivity contribution in [3.63, 3.8) is 0 Å². The molecular formula is C23H25FN4O2S. The molecule has 0 spiro atoms. The Morgan fingerprint density at radius 2 is 1.90 bits per heavy atom. The number of carbonyl (C=O) groups excluding carboxylic acids is 1. The molecule has 31 heavy (non-hydrogen) atoms. The predicted octanol–water partition coefficient (Wildman–Crippen LogP) is 4.31. The molecule has 4 rings (SSSR count). The van der Waals surface area contributed by atoms with Gasteiger partial charge in [0.15, 0.2) is 10.9 Å². The number of halogens is 1. The molecule has 1 aliphatic heterocycles. The quantitative estimate of drug-likeness (QED) is 0.296. The number of Topliss-reactive ketones (excluding diaryl/α,β-unsaturated/α-hetero) is 1. The van der Waals surface area contributed by atoms with Crippen molar-refractivity contribution in [2.24, 2.45) is 0 Å². The smallest absolute Gasteiger partial charge is 0.232 e. The Balaban J connectivity index is 1.45. The standard InChI is InChI=1S/C23H25FN4O2S/c1-17-4-2-5-20(16-17)28-22(27-11-13-30-14-12-27)25-26-23(28)31-15-3-6-21(29)18-7-9-19(24)10-8-18/h2,4-5,7-10,16H,3,6,11-15H2,1H3. The molecule has 162 valence electrons. The largest absolute Gasteiger partial charge is 0.378 e. The van der Waals surface area contributed by atoms with Gasteiger partial charge in [-0.1, -0.05) is 23.9 Å². The van der Waals surface area contributed by atoms with Crippen LogP contribution in [0.3, 0.4) is 0 Å². The number of aromatic nitrogens is 3. The highest BCUT2D eigenvalue weighted by Gasteiger charge is 2.22. The minimum Gasteiger partial charge on any atom is -0.378 e. The lowest BCUT2D eigenvalue weighted by atomic mass is 10.1. The van der Waals surface area contributed by atoms with Crippen LogP contribution in [-0.2, 0) is 4.74 Å². The van der Waals surface area contributed by atoms with Gasteiger partial charge in [0.25, 0.3) is 0 Å². The van der Waals surface area contributed by atoms with Crippen molar-refractivity contribution in [3.05, 3.63) is 65.5 Å². The zero-order valence-corrected chi connectivity index (χ0v) is 18.3. The molecule has 0 saturated carbocycles. The number of ether oxygens (including phenoxy) is 1. The number of carbonyl (C=O) groups is 1. The van der Waals surface area contributed by atoms with E-state index in [4.69, 9.17) is 4.74 Å². The van der Waals surface area contributed by atoms with E-state index in [2.05, 4.69) is 44.8 Å². The van der Waals surface area contributed by atoms with Crippen molar-refractivity contribution in [1.82, 2.24) is 14.8 Å². The van der Waals surface area contributed by atoms with Gasteiger partial charge in [-0.3, -0.25) is 9.36 Å². The van der Waals surface area contributed by atoms with Gasteiger partial charge in [0.1, 0.15) is 5.82 Å². The highest BCUT2D eigenvalue weighted by molar-refractivity contribution is 7.99. The van der Waals surface area contributed by atoms with Crippen LogP contribution >= 0.6 is 11.8 Å². The number of nitrogens with zero attached hydrogens (tertiary/aromatic N) is 4. The van der Waals surface area contributed by atoms with E-state index in [1.165, 1.54) is 29.8 Å². The average Bonchev–Trinajstić information content (AvgIpc) is 3.21. The van der Waals surface area contributed by atoms with Gasteiger partial charge < -0.3 is 9.64 Å². The summed E-state index contributed by atoms with van der Waals surface area (Å²) in [6, 6.07) is 14.0. The molecule has 0 bridgehead atoms. The number of anilines is 1. The molecule has 1 aromatic heterocycles. The third-order valence-electron chi connectivity index (χ3n) is 5.12. The van der Waals surface area contributed by atoms with E-state index >= 15 is 0 Å². The summed E-state index contributed by atoms with van der Waals surface area (Å²) in [6.07, 6.45) is 1.11. The van der Waals surface area contributed by atoms with Crippen LogP contribution in [0, 0.1) is 12.7 Å². The minimum absolute atomic E-state index is 0.0229. The van der Waals surface area contributed by atoms with Gasteiger partial charge >= 0.3 is 0 Å². The lowest BCUT2D eigenvalue weighted by molar-refractivity contribution is 0.0982. The number of hydrogen-bond acceptors (Lipinski definition) is 6. The molecule has 0 unspecified atom stereocenters. The highest BCUT2D eigenvalue weighted by Crippen LogP contribution is 2.28. The maximum absolute atomic E-state index is 13.0. The predicted molar refractivity (Wildman–Crippen MR) is 120 cm³/mol. The molecule has 1 fully saturated rings. The zero-order chi connectivity index (χ0) is 21.6. The molecule has 0 radical (unpaired) electrons. The van der Waals surface area contributed by atoms with Gasteiger partial charge in [-0.25, -0.2) is 4.39 Å². The van der Waals surface area contributed by atoms with E-state index in [0.717, 1.165) is 35.6 Å². The summed E-state index contributed by atoms with van der Waals surface area (Å²) in [5, 5.41) is 9.73. The molecule has 0 atom stereocenters. The Morgan fingerprint density at radius 1 is 1.13 bits per heavy atom. The van der Waals surface area contributed by atoms with E-state index < -0.39 is 0 Å². The van der Waals surface area contributed by atoms with E-state index in [-0.39, 0.29) is 11.6 Å². The van der Waals surface area contributed by atoms with Crippen molar-refractivity contribution < 1.29 is 13.9 Å². The number of aryl methyl sites for hydroxylation is 1. The fraction of sp³-hybridized carbons (Fsp3) is 0.348. The number of hydrogen-bond donors (Lipinski definition) is 0. The molecule has 2 heterocycles. The molecule has 2 aromatic carbocycles. The van der Waals surface area contributed by atoms with Crippen LogP contribution in [0.15, 0.2) is 53.7 Å². The molecule has 0 N–H and O–H groups in total. The summed E-state index contributed by atoms with van der Waals surface area (Å²) >= 11 is 1.59. The van der Waals surface area contributed by atoms with Crippen molar-refractivity contribution in [2.75, 3.05) is 37.0 Å². The zero-order valence-electron chi connectivity index (χ0n) is 17.5. The Bertz CT molecular complexity index is 1030. The molecule has 1 aliphatic rings. The molecule has 3 aromatic rings. The second-order valence-corrected chi connectivity index (χ2v) is 8.50. The Labute approximate surface area is 185 Å². The first-order valence-corrected chi connectivity index (χ1v) is 11.4. The van der Waals surface area contributed by atoms with Crippen molar-refractivity contribution in [3.8, 4) is 5.69 Å². The lowest BCUT2D eigenvalue weighted by Crippen LogP contribution is -2.37. The topological polar surface area (TPSA) is 60.2 Å². The Kier molecular flexibility index (Phi) is 6.99. The maximum Gasteiger partial charge on any atom is 0.232 e. The van der Waals surface area contributed by atoms with Crippen LogP contribution < -0.4 is 4.90 Å². The summed E-state index contributed by atoms with van der Waals surface area (Å²) in [5.74, 6) is 1.24. The SMILES string of the molecule is Cc1cccc(-n2c(SCCCC(=O)c3ccc(F)cc3)nnc2N2CCOCC2)c1. The first-order valence-electron chi connectivity index (χ1n) is 10.4. The average molecular weight is 441 g/mol. The fourth-order valence-electron chi connectivity index (χ4n) is 3.49. The third kappa shape index (κ3) is 5.32. The lowest BCUT2D eigenvalue weighted by Gasteiger charge is -2.28. The first-order chi connectivity index (χ1) is 15.1. The molecule has 0 aliphatic carbocycles. The number of morpholine rings is 1. The Hall–Kier alpha value is -2.71. The van der Waals surface area contributed by atoms with Crippen LogP contribution in [0.1, 0.15) is 28.8 Å². The summed E-state index contributed by atoms with van der Waals surface area (Å²) < 4.78 is 20.6. The number of thioether (sulfide) groups is 1. The molecular weight excluding hydrogens is 415 g/mol. The van der Waals surface area contributed by atoms with Crippen LogP contribution in [0.25, 0.3) is 5.69 Å². The van der Waals surface area contributed by atoms with E-state index in [1.807, 2.05) is 6.07 Å². The van der Waals surface area contributed by atoms with Gasteiger partial charge in [-0.15, -0.1) is 10.2 Å². The van der Waals surface area contributed by atoms with E-state index in [1.54, 1.807) is 11.8 Å². The number of benzene rings is 2. The summed E-state index contributed by atoms with van der Waals surface area (Å²) in [6.45, 7) is 4.97. The normalized spacial score (nSPS) is 14.1. The maximum atomic E-state index is 13.0. The highest BCUT2D eigenvalue weighted by atomic mass is 32.2. The summed E-state index contributed by atoms with van der Waals surface area (Å²) in [5.41, 5.74) is 2.74. The van der Waals surface area contributed by atoms with Gasteiger partial charge in [0, 0.05) is 30.8 Å². The summed E-state index contributed by atoms with van der Waals surface area (Å²) in [4.78, 5) is 14.5. The first kappa shape index (κ1) is 21.5. The van der Waals surface area contributed by atoms with Crippen molar-refractivity contribution >= 4 is 23.5 Å². The molecule has 6 nitrogen and oxygen atoms in total. The van der Waals surface area contributed by atoms with Crippen LogP contribution in [0.2, 0.25) is 0 Å². The van der Waals surface area contributed by atoms with Crippen molar-refractivity contribution in [2.45, 2.75) is 24.9 Å². The van der Waals surface area contributed by atoms with Crippen LogP contribution in [0.5, 0.6) is 0 Å². The van der Waals surface area contributed by atoms with Crippen molar-refractivity contribution in [1.29, 1.82) is 0 Å². The molecule has 8 heteroatoms. The molecule has 1 saturated heterocycles. The van der Waals surface area contributed by atoms with Gasteiger partial charge in [0.2, 0.25) is 5.95 Å². The van der Waals surface area contributed by atoms with Crippen LogP contribution in [0.4, 0.5) is 10.3 Å². The minimum atomic E-state index is -0.335. The second-order valence-electron chi connectivity index (χ2n) is 7.44. The molecule has 0 amide bonds. The van der Waals surface area contributed by atoms with Crippen LogP contribution in [-0.4, -0.2) is 52.6 Å². The summed E-state index contributed by atoms with van der Waals surface area (Å²) in [7, 11) is 0. The number of rotatable bonds is 8.